The summed E-state index contributed by atoms with van der Waals surface area (Å²) in [6.07, 6.45) is 6.77. The zero-order valence-corrected chi connectivity index (χ0v) is 13.7. The Balaban J connectivity index is 2.42. The average molecular weight is 291 g/mol. The maximum atomic E-state index is 11.4. The summed E-state index contributed by atoms with van der Waals surface area (Å²) in [7, 11) is 1.43. The number of methoxy groups -OCH3 is 1. The number of benzene rings is 1. The number of nitrogens with one attached hydrogen (secondary N) is 1. The number of hydrogen-bond donors (Lipinski definition) is 1. The Morgan fingerprint density at radius 2 is 1.90 bits per heavy atom. The van der Waals surface area contributed by atoms with Gasteiger partial charge in [-0.05, 0) is 24.5 Å². The van der Waals surface area contributed by atoms with Crippen LogP contribution in [0.3, 0.4) is 0 Å². The van der Waals surface area contributed by atoms with E-state index in [1.807, 2.05) is 18.2 Å². The normalized spacial score (nSPS) is 12.1. The molecular weight excluding hydrogens is 262 g/mol. The Morgan fingerprint density at radius 1 is 1.19 bits per heavy atom. The largest absolute Gasteiger partial charge is 0.469 e. The number of ether oxygens (including phenoxy) is 1. The van der Waals surface area contributed by atoms with Gasteiger partial charge in [-0.2, -0.15) is 0 Å². The van der Waals surface area contributed by atoms with Gasteiger partial charge in [0.1, 0.15) is 0 Å². The van der Waals surface area contributed by atoms with Gasteiger partial charge in [0, 0.05) is 12.6 Å². The van der Waals surface area contributed by atoms with E-state index in [0.717, 1.165) is 12.1 Å². The summed E-state index contributed by atoms with van der Waals surface area (Å²) >= 11 is 0. The van der Waals surface area contributed by atoms with E-state index in [9.17, 15) is 4.79 Å². The quantitative estimate of drug-likeness (QED) is 0.525. The van der Waals surface area contributed by atoms with E-state index < -0.39 is 0 Å². The van der Waals surface area contributed by atoms with E-state index in [1.54, 1.807) is 0 Å². The third-order valence-electron chi connectivity index (χ3n) is 3.81. The Hall–Kier alpha value is -1.35. The van der Waals surface area contributed by atoms with Gasteiger partial charge in [-0.1, -0.05) is 56.9 Å². The predicted octanol–water partition coefficient (Wildman–Crippen LogP) is 3.85. The fourth-order valence-electron chi connectivity index (χ4n) is 2.39. The summed E-state index contributed by atoms with van der Waals surface area (Å²) in [5.41, 5.74) is 2.23. The molecule has 1 N–H and O–H groups in total. The van der Waals surface area contributed by atoms with Gasteiger partial charge in [-0.3, -0.25) is 4.79 Å². The van der Waals surface area contributed by atoms with E-state index in [1.165, 1.54) is 44.8 Å². The molecule has 0 radical (unpaired) electrons. The number of hydrogen-bond acceptors (Lipinski definition) is 3. The van der Waals surface area contributed by atoms with Crippen LogP contribution in [-0.2, 0) is 22.5 Å². The SMILES string of the molecule is CCCCCCC(C)NCc1ccccc1CC(=O)OC. The Bertz CT molecular complexity index is 417. The van der Waals surface area contributed by atoms with Crippen molar-refractivity contribution in [2.24, 2.45) is 0 Å². The van der Waals surface area contributed by atoms with Crippen LogP contribution in [0.1, 0.15) is 57.1 Å². The molecule has 0 bridgehead atoms. The van der Waals surface area contributed by atoms with Crippen molar-refractivity contribution in [3.05, 3.63) is 35.4 Å². The number of carbonyl (C=O) groups excluding carboxylic acids is 1. The van der Waals surface area contributed by atoms with Crippen molar-refractivity contribution >= 4 is 5.97 Å². The van der Waals surface area contributed by atoms with Crippen molar-refractivity contribution in [3.63, 3.8) is 0 Å². The van der Waals surface area contributed by atoms with Crippen LogP contribution in [0.2, 0.25) is 0 Å². The second-order valence-corrected chi connectivity index (χ2v) is 5.65. The van der Waals surface area contributed by atoms with E-state index in [0.29, 0.717) is 12.5 Å². The standard InChI is InChI=1S/C18H29NO2/c1-4-5-6-7-10-15(2)19-14-17-12-9-8-11-16(17)13-18(20)21-3/h8-9,11-12,15,19H,4-7,10,13-14H2,1-3H3. The van der Waals surface area contributed by atoms with Gasteiger partial charge in [0.25, 0.3) is 0 Å². The Morgan fingerprint density at radius 3 is 2.57 bits per heavy atom. The molecule has 0 aliphatic carbocycles. The second kappa shape index (κ2) is 10.4. The lowest BCUT2D eigenvalue weighted by Crippen LogP contribution is -2.26. The van der Waals surface area contributed by atoms with Crippen LogP contribution in [0.15, 0.2) is 24.3 Å². The number of rotatable bonds is 10. The molecule has 1 atom stereocenters. The lowest BCUT2D eigenvalue weighted by Gasteiger charge is -2.15. The third kappa shape index (κ3) is 7.28. The summed E-state index contributed by atoms with van der Waals surface area (Å²) in [5.74, 6) is -0.185. The van der Waals surface area contributed by atoms with Gasteiger partial charge in [-0.25, -0.2) is 0 Å². The van der Waals surface area contributed by atoms with E-state index in [2.05, 4.69) is 25.2 Å². The molecule has 0 saturated heterocycles. The molecule has 1 unspecified atom stereocenters. The zero-order chi connectivity index (χ0) is 15.5. The lowest BCUT2D eigenvalue weighted by molar-refractivity contribution is -0.139. The molecular formula is C18H29NO2. The summed E-state index contributed by atoms with van der Waals surface area (Å²) in [4.78, 5) is 11.4. The first kappa shape index (κ1) is 17.7. The molecule has 1 rings (SSSR count). The van der Waals surface area contributed by atoms with Gasteiger partial charge in [0.05, 0.1) is 13.5 Å². The van der Waals surface area contributed by atoms with Crippen molar-refractivity contribution in [2.45, 2.75) is 65.0 Å². The fourth-order valence-corrected chi connectivity index (χ4v) is 2.39. The first-order valence-corrected chi connectivity index (χ1v) is 8.04. The summed E-state index contributed by atoms with van der Waals surface area (Å²) in [6, 6.07) is 8.57. The van der Waals surface area contributed by atoms with E-state index in [-0.39, 0.29) is 5.97 Å². The molecule has 118 valence electrons. The maximum Gasteiger partial charge on any atom is 0.309 e. The van der Waals surface area contributed by atoms with Crippen LogP contribution >= 0.6 is 0 Å². The van der Waals surface area contributed by atoms with Gasteiger partial charge in [0.15, 0.2) is 0 Å². The van der Waals surface area contributed by atoms with Crippen molar-refractivity contribution in [1.82, 2.24) is 5.32 Å². The van der Waals surface area contributed by atoms with Crippen LogP contribution < -0.4 is 5.32 Å². The molecule has 0 fully saturated rings. The van der Waals surface area contributed by atoms with Crippen LogP contribution in [0.25, 0.3) is 0 Å². The van der Waals surface area contributed by atoms with Crippen molar-refractivity contribution < 1.29 is 9.53 Å². The first-order chi connectivity index (χ1) is 10.2. The topological polar surface area (TPSA) is 38.3 Å². The van der Waals surface area contributed by atoms with Crippen molar-refractivity contribution in [2.75, 3.05) is 7.11 Å². The Labute approximate surface area is 129 Å². The lowest BCUT2D eigenvalue weighted by atomic mass is 10.0. The number of esters is 1. The van der Waals surface area contributed by atoms with Crippen molar-refractivity contribution in [3.8, 4) is 0 Å². The smallest absolute Gasteiger partial charge is 0.309 e. The molecule has 0 aliphatic heterocycles. The molecule has 0 saturated carbocycles. The summed E-state index contributed by atoms with van der Waals surface area (Å²) in [5, 5.41) is 3.56. The molecule has 0 aliphatic rings. The fraction of sp³-hybridized carbons (Fsp3) is 0.611. The molecule has 3 nitrogen and oxygen atoms in total. The summed E-state index contributed by atoms with van der Waals surface area (Å²) in [6.45, 7) is 5.27. The molecule has 0 amide bonds. The summed E-state index contributed by atoms with van der Waals surface area (Å²) < 4.78 is 4.75. The first-order valence-electron chi connectivity index (χ1n) is 8.04. The minimum Gasteiger partial charge on any atom is -0.469 e. The highest BCUT2D eigenvalue weighted by Crippen LogP contribution is 2.11. The minimum atomic E-state index is -0.185. The van der Waals surface area contributed by atoms with Crippen LogP contribution in [-0.4, -0.2) is 19.1 Å². The Kier molecular flexibility index (Phi) is 8.76. The molecule has 0 spiro atoms. The highest BCUT2D eigenvalue weighted by molar-refractivity contribution is 5.72. The molecule has 3 heteroatoms. The molecule has 1 aromatic carbocycles. The highest BCUT2D eigenvalue weighted by atomic mass is 16.5. The van der Waals surface area contributed by atoms with Gasteiger partial charge < -0.3 is 10.1 Å². The monoisotopic (exact) mass is 291 g/mol. The van der Waals surface area contributed by atoms with E-state index >= 15 is 0 Å². The third-order valence-corrected chi connectivity index (χ3v) is 3.81. The van der Waals surface area contributed by atoms with Crippen LogP contribution in [0.5, 0.6) is 0 Å². The van der Waals surface area contributed by atoms with Crippen molar-refractivity contribution in [1.29, 1.82) is 0 Å². The predicted molar refractivity (Wildman–Crippen MR) is 87.2 cm³/mol. The number of carbonyl (C=O) groups is 1. The van der Waals surface area contributed by atoms with Gasteiger partial charge >= 0.3 is 5.97 Å². The second-order valence-electron chi connectivity index (χ2n) is 5.65. The van der Waals surface area contributed by atoms with E-state index in [4.69, 9.17) is 4.74 Å². The molecule has 1 aromatic rings. The van der Waals surface area contributed by atoms with Gasteiger partial charge in [0.2, 0.25) is 0 Å². The van der Waals surface area contributed by atoms with Gasteiger partial charge in [-0.15, -0.1) is 0 Å². The maximum absolute atomic E-state index is 11.4. The zero-order valence-electron chi connectivity index (χ0n) is 13.7. The average Bonchev–Trinajstić information content (AvgIpc) is 2.50. The molecule has 0 heterocycles. The molecule has 21 heavy (non-hydrogen) atoms. The minimum absolute atomic E-state index is 0.185. The number of unbranched alkanes of at least 4 members (excludes halogenated alkanes) is 3. The highest BCUT2D eigenvalue weighted by Gasteiger charge is 2.08. The van der Waals surface area contributed by atoms with Crippen LogP contribution in [0, 0.1) is 0 Å². The van der Waals surface area contributed by atoms with Crippen LogP contribution in [0.4, 0.5) is 0 Å². The molecule has 0 aromatic heterocycles.